The average molecular weight is 418 g/mol. The molecule has 2 aromatic rings. The van der Waals surface area contributed by atoms with Crippen LogP contribution in [0.15, 0.2) is 46.9 Å². The highest BCUT2D eigenvalue weighted by atomic mass is 127. The Kier molecular flexibility index (Phi) is 4.64. The van der Waals surface area contributed by atoms with Crippen molar-refractivity contribution in [3.05, 3.63) is 56.1 Å². The third kappa shape index (κ3) is 3.24. The van der Waals surface area contributed by atoms with E-state index in [-0.39, 0.29) is 6.04 Å². The molecule has 2 rings (SSSR count). The maximum Gasteiger partial charge on any atom is 0.141 e. The van der Waals surface area contributed by atoms with Gasteiger partial charge in [0.1, 0.15) is 11.5 Å². The summed E-state index contributed by atoms with van der Waals surface area (Å²) in [4.78, 5) is 0. The molecule has 4 heteroatoms. The Balaban J connectivity index is 2.28. The van der Waals surface area contributed by atoms with Crippen molar-refractivity contribution in [3.63, 3.8) is 0 Å². The first-order valence-corrected chi connectivity index (χ1v) is 7.42. The second-order valence-corrected chi connectivity index (χ2v) is 6.03. The summed E-state index contributed by atoms with van der Waals surface area (Å²) < 4.78 is 7.88. The average Bonchev–Trinajstić information content (AvgIpc) is 2.34. The molecule has 0 fully saturated rings. The van der Waals surface area contributed by atoms with E-state index in [1.807, 2.05) is 49.4 Å². The van der Waals surface area contributed by atoms with E-state index in [0.717, 1.165) is 25.1 Å². The lowest BCUT2D eigenvalue weighted by Gasteiger charge is -2.12. The topological polar surface area (TPSA) is 35.2 Å². The number of para-hydroxylation sites is 1. The summed E-state index contributed by atoms with van der Waals surface area (Å²) >= 11 is 5.77. The molecular weight excluding hydrogens is 405 g/mol. The molecule has 0 heterocycles. The minimum atomic E-state index is 0.0206. The van der Waals surface area contributed by atoms with E-state index < -0.39 is 0 Å². The minimum Gasteiger partial charge on any atom is -0.455 e. The number of nitrogens with two attached hydrogens (primary N) is 1. The van der Waals surface area contributed by atoms with Gasteiger partial charge in [0.2, 0.25) is 0 Å². The summed E-state index contributed by atoms with van der Waals surface area (Å²) in [6, 6.07) is 13.9. The van der Waals surface area contributed by atoms with Crippen LogP contribution >= 0.6 is 38.5 Å². The normalized spacial score (nSPS) is 12.2. The van der Waals surface area contributed by atoms with E-state index in [4.69, 9.17) is 10.5 Å². The van der Waals surface area contributed by atoms with Gasteiger partial charge in [-0.3, -0.25) is 0 Å². The van der Waals surface area contributed by atoms with Gasteiger partial charge in [-0.05, 0) is 75.3 Å². The summed E-state index contributed by atoms with van der Waals surface area (Å²) in [5.74, 6) is 1.65. The summed E-state index contributed by atoms with van der Waals surface area (Å²) in [5, 5.41) is 0. The van der Waals surface area contributed by atoms with E-state index in [9.17, 15) is 0 Å². The van der Waals surface area contributed by atoms with Crippen LogP contribution in [-0.2, 0) is 0 Å². The molecule has 0 radical (unpaired) electrons. The fourth-order valence-corrected chi connectivity index (χ4v) is 2.50. The Bertz CT molecular complexity index is 557. The van der Waals surface area contributed by atoms with Crippen LogP contribution in [0.1, 0.15) is 18.5 Å². The zero-order chi connectivity index (χ0) is 13.1. The zero-order valence-corrected chi connectivity index (χ0v) is 13.6. The van der Waals surface area contributed by atoms with Crippen molar-refractivity contribution in [1.82, 2.24) is 0 Å². The van der Waals surface area contributed by atoms with Gasteiger partial charge in [0.15, 0.2) is 0 Å². The Labute approximate surface area is 129 Å². The molecule has 0 saturated heterocycles. The quantitative estimate of drug-likeness (QED) is 0.723. The molecule has 0 aliphatic rings. The molecule has 0 unspecified atom stereocenters. The molecular formula is C14H13BrINO. The van der Waals surface area contributed by atoms with E-state index in [1.54, 1.807) is 0 Å². The maximum absolute atomic E-state index is 5.88. The van der Waals surface area contributed by atoms with Gasteiger partial charge in [-0.2, -0.15) is 0 Å². The molecule has 0 aromatic heterocycles. The van der Waals surface area contributed by atoms with Crippen molar-refractivity contribution < 1.29 is 4.74 Å². The van der Waals surface area contributed by atoms with Crippen LogP contribution < -0.4 is 10.5 Å². The number of halogens is 2. The van der Waals surface area contributed by atoms with Gasteiger partial charge in [0.05, 0.1) is 8.04 Å². The summed E-state index contributed by atoms with van der Waals surface area (Å²) in [7, 11) is 0. The number of ether oxygens (including phenoxy) is 1. The monoisotopic (exact) mass is 417 g/mol. The highest BCUT2D eigenvalue weighted by molar-refractivity contribution is 14.1. The molecule has 2 nitrogen and oxygen atoms in total. The molecule has 0 saturated carbocycles. The highest BCUT2D eigenvalue weighted by Crippen LogP contribution is 2.33. The van der Waals surface area contributed by atoms with Crippen LogP contribution in [-0.4, -0.2) is 0 Å². The van der Waals surface area contributed by atoms with Gasteiger partial charge in [0.25, 0.3) is 0 Å². The number of hydrogen-bond acceptors (Lipinski definition) is 2. The third-order valence-electron chi connectivity index (χ3n) is 2.54. The summed E-state index contributed by atoms with van der Waals surface area (Å²) in [6.07, 6.45) is 0. The fraction of sp³-hybridized carbons (Fsp3) is 0.143. The smallest absolute Gasteiger partial charge is 0.141 e. The second-order valence-electron chi connectivity index (χ2n) is 4.01. The Morgan fingerprint density at radius 3 is 2.50 bits per heavy atom. The van der Waals surface area contributed by atoms with Gasteiger partial charge in [0, 0.05) is 6.04 Å². The lowest BCUT2D eigenvalue weighted by molar-refractivity contribution is 0.476. The van der Waals surface area contributed by atoms with Crippen molar-refractivity contribution in [2.75, 3.05) is 0 Å². The third-order valence-corrected chi connectivity index (χ3v) is 4.05. The van der Waals surface area contributed by atoms with Gasteiger partial charge < -0.3 is 10.5 Å². The molecule has 18 heavy (non-hydrogen) atoms. The fourth-order valence-electron chi connectivity index (χ4n) is 1.53. The predicted molar refractivity (Wildman–Crippen MR) is 86.0 cm³/mol. The molecule has 0 spiro atoms. The van der Waals surface area contributed by atoms with Crippen LogP contribution in [0, 0.1) is 3.57 Å². The van der Waals surface area contributed by atoms with Crippen molar-refractivity contribution in [1.29, 1.82) is 0 Å². The summed E-state index contributed by atoms with van der Waals surface area (Å²) in [6.45, 7) is 1.96. The van der Waals surface area contributed by atoms with Crippen molar-refractivity contribution >= 4 is 38.5 Å². The number of hydrogen-bond donors (Lipinski definition) is 1. The van der Waals surface area contributed by atoms with Crippen molar-refractivity contribution in [2.45, 2.75) is 13.0 Å². The SMILES string of the molecule is C[C@H](N)c1ccc(Oc2ccccc2I)c(Br)c1. The molecule has 0 amide bonds. The number of benzene rings is 2. The predicted octanol–water partition coefficient (Wildman–Crippen LogP) is 4.87. The van der Waals surface area contributed by atoms with E-state index in [0.29, 0.717) is 0 Å². The van der Waals surface area contributed by atoms with Crippen LogP contribution in [0.5, 0.6) is 11.5 Å². The van der Waals surface area contributed by atoms with Crippen LogP contribution in [0.3, 0.4) is 0 Å². The lowest BCUT2D eigenvalue weighted by Crippen LogP contribution is -2.04. The van der Waals surface area contributed by atoms with Crippen molar-refractivity contribution in [3.8, 4) is 11.5 Å². The van der Waals surface area contributed by atoms with Crippen LogP contribution in [0.2, 0.25) is 0 Å². The van der Waals surface area contributed by atoms with Crippen LogP contribution in [0.4, 0.5) is 0 Å². The van der Waals surface area contributed by atoms with Gasteiger partial charge in [-0.25, -0.2) is 0 Å². The molecule has 0 bridgehead atoms. The van der Waals surface area contributed by atoms with E-state index in [1.165, 1.54) is 0 Å². The highest BCUT2D eigenvalue weighted by Gasteiger charge is 2.08. The molecule has 0 aliphatic carbocycles. The second kappa shape index (κ2) is 6.04. The molecule has 94 valence electrons. The van der Waals surface area contributed by atoms with Crippen LogP contribution in [0.25, 0.3) is 0 Å². The van der Waals surface area contributed by atoms with Gasteiger partial charge >= 0.3 is 0 Å². The standard InChI is InChI=1S/C14H13BrINO/c1-9(17)10-6-7-13(11(15)8-10)18-14-5-3-2-4-12(14)16/h2-9H,17H2,1H3/t9-/m0/s1. The Morgan fingerprint density at radius 2 is 1.89 bits per heavy atom. The first kappa shape index (κ1) is 13.8. The maximum atomic E-state index is 5.88. The van der Waals surface area contributed by atoms with Gasteiger partial charge in [-0.1, -0.05) is 18.2 Å². The zero-order valence-electron chi connectivity index (χ0n) is 9.86. The summed E-state index contributed by atoms with van der Waals surface area (Å²) in [5.41, 5.74) is 6.93. The number of rotatable bonds is 3. The minimum absolute atomic E-state index is 0.0206. The molecule has 2 N–H and O–H groups in total. The Hall–Kier alpha value is -0.590. The lowest BCUT2D eigenvalue weighted by atomic mass is 10.1. The molecule has 0 aliphatic heterocycles. The van der Waals surface area contributed by atoms with E-state index in [2.05, 4.69) is 38.5 Å². The molecule has 2 aromatic carbocycles. The van der Waals surface area contributed by atoms with Crippen molar-refractivity contribution in [2.24, 2.45) is 5.73 Å². The molecule has 1 atom stereocenters. The first-order chi connectivity index (χ1) is 8.58. The first-order valence-electron chi connectivity index (χ1n) is 5.55. The van der Waals surface area contributed by atoms with Gasteiger partial charge in [-0.15, -0.1) is 0 Å². The Morgan fingerprint density at radius 1 is 1.17 bits per heavy atom. The van der Waals surface area contributed by atoms with E-state index >= 15 is 0 Å². The largest absolute Gasteiger partial charge is 0.455 e.